The summed E-state index contributed by atoms with van der Waals surface area (Å²) in [6, 6.07) is 4.77. The van der Waals surface area contributed by atoms with E-state index in [9.17, 15) is 9.18 Å². The number of carbonyl (C=O) groups is 1. The molecule has 0 spiro atoms. The molecule has 1 aromatic carbocycles. The van der Waals surface area contributed by atoms with Gasteiger partial charge in [0.15, 0.2) is 0 Å². The van der Waals surface area contributed by atoms with E-state index in [4.69, 9.17) is 0 Å². The smallest absolute Gasteiger partial charge is 0.232 e. The molecule has 0 radical (unpaired) electrons. The first-order chi connectivity index (χ1) is 10.00. The van der Waals surface area contributed by atoms with Gasteiger partial charge >= 0.3 is 0 Å². The fourth-order valence-electron chi connectivity index (χ4n) is 3.55. The summed E-state index contributed by atoms with van der Waals surface area (Å²) in [5.74, 6) is 0.197. The van der Waals surface area contributed by atoms with Gasteiger partial charge in [-0.3, -0.25) is 4.79 Å². The molecule has 114 valence electrons. The number of nitrogens with one attached hydrogen (secondary N) is 1. The zero-order chi connectivity index (χ0) is 15.0. The highest BCUT2D eigenvalue weighted by Gasteiger charge is 2.41. The summed E-state index contributed by atoms with van der Waals surface area (Å²) in [6.45, 7) is 6.66. The van der Waals surface area contributed by atoms with Crippen LogP contribution >= 0.6 is 0 Å². The summed E-state index contributed by atoms with van der Waals surface area (Å²) in [7, 11) is 0. The standard InChI is InChI=1S/C17H23FN2O/c1-17(2,13-4-3-8-19-11-13)16(21)20-9-7-12-5-6-14(18)10-15(12)20/h5-6,10,13,19H,3-4,7-9,11H2,1-2H3. The molecule has 1 atom stereocenters. The van der Waals surface area contributed by atoms with Crippen LogP contribution in [0.2, 0.25) is 0 Å². The van der Waals surface area contributed by atoms with Crippen LogP contribution in [0.5, 0.6) is 0 Å². The molecule has 4 heteroatoms. The SMILES string of the molecule is CC(C)(C(=O)N1CCc2ccc(F)cc21)C1CCCNC1. The lowest BCUT2D eigenvalue weighted by atomic mass is 9.74. The predicted molar refractivity (Wildman–Crippen MR) is 81.8 cm³/mol. The zero-order valence-electron chi connectivity index (χ0n) is 12.8. The van der Waals surface area contributed by atoms with Crippen LogP contribution in [0.1, 0.15) is 32.3 Å². The largest absolute Gasteiger partial charge is 0.316 e. The third-order valence-corrected chi connectivity index (χ3v) is 5.06. The summed E-state index contributed by atoms with van der Waals surface area (Å²) in [4.78, 5) is 14.8. The number of carbonyl (C=O) groups excluding carboxylic acids is 1. The molecule has 0 aliphatic carbocycles. The molecule has 0 saturated carbocycles. The van der Waals surface area contributed by atoms with E-state index in [-0.39, 0.29) is 11.7 Å². The highest BCUT2D eigenvalue weighted by molar-refractivity contribution is 5.99. The molecule has 1 aromatic rings. The topological polar surface area (TPSA) is 32.3 Å². The molecular weight excluding hydrogens is 267 g/mol. The van der Waals surface area contributed by atoms with E-state index in [0.29, 0.717) is 12.5 Å². The van der Waals surface area contributed by atoms with Crippen LogP contribution in [0, 0.1) is 17.2 Å². The molecule has 2 heterocycles. The highest BCUT2D eigenvalue weighted by Crippen LogP contribution is 2.38. The van der Waals surface area contributed by atoms with Crippen LogP contribution in [0.25, 0.3) is 0 Å². The molecule has 3 rings (SSSR count). The van der Waals surface area contributed by atoms with Gasteiger partial charge in [-0.25, -0.2) is 4.39 Å². The van der Waals surface area contributed by atoms with Crippen LogP contribution in [0.4, 0.5) is 10.1 Å². The van der Waals surface area contributed by atoms with Crippen LogP contribution in [-0.4, -0.2) is 25.5 Å². The van der Waals surface area contributed by atoms with Gasteiger partial charge in [-0.05, 0) is 56.0 Å². The quantitative estimate of drug-likeness (QED) is 0.908. The van der Waals surface area contributed by atoms with Crippen molar-refractivity contribution in [2.45, 2.75) is 33.1 Å². The molecule has 2 aliphatic rings. The average Bonchev–Trinajstić information content (AvgIpc) is 2.90. The Bertz CT molecular complexity index is 550. The maximum absolute atomic E-state index is 13.5. The number of fused-ring (bicyclic) bond motifs is 1. The first-order valence-corrected chi connectivity index (χ1v) is 7.81. The fourth-order valence-corrected chi connectivity index (χ4v) is 3.55. The van der Waals surface area contributed by atoms with Crippen molar-refractivity contribution in [3.8, 4) is 0 Å². The Morgan fingerprint density at radius 2 is 2.24 bits per heavy atom. The highest BCUT2D eigenvalue weighted by atomic mass is 19.1. The van der Waals surface area contributed by atoms with Gasteiger partial charge in [0.25, 0.3) is 0 Å². The Labute approximate surface area is 125 Å². The summed E-state index contributed by atoms with van der Waals surface area (Å²) in [5.41, 5.74) is 1.42. The lowest BCUT2D eigenvalue weighted by Gasteiger charge is -2.38. The second-order valence-corrected chi connectivity index (χ2v) is 6.74. The van der Waals surface area contributed by atoms with E-state index in [1.165, 1.54) is 12.1 Å². The number of piperidine rings is 1. The number of rotatable bonds is 2. The second kappa shape index (κ2) is 5.41. The Hall–Kier alpha value is -1.42. The number of nitrogens with zero attached hydrogens (tertiary/aromatic N) is 1. The molecule has 1 fully saturated rings. The number of hydrogen-bond acceptors (Lipinski definition) is 2. The first kappa shape index (κ1) is 14.5. The van der Waals surface area contributed by atoms with E-state index >= 15 is 0 Å². The second-order valence-electron chi connectivity index (χ2n) is 6.74. The summed E-state index contributed by atoms with van der Waals surface area (Å²) < 4.78 is 13.5. The van der Waals surface area contributed by atoms with Crippen molar-refractivity contribution in [1.82, 2.24) is 5.32 Å². The maximum atomic E-state index is 13.5. The molecule has 2 aliphatic heterocycles. The first-order valence-electron chi connectivity index (χ1n) is 7.81. The Balaban J connectivity index is 1.84. The number of benzene rings is 1. The van der Waals surface area contributed by atoms with E-state index in [2.05, 4.69) is 5.32 Å². The molecule has 1 saturated heterocycles. The van der Waals surface area contributed by atoms with E-state index < -0.39 is 5.41 Å². The van der Waals surface area contributed by atoms with E-state index in [1.54, 1.807) is 11.0 Å². The number of hydrogen-bond donors (Lipinski definition) is 1. The molecule has 1 N–H and O–H groups in total. The molecule has 21 heavy (non-hydrogen) atoms. The average molecular weight is 290 g/mol. The van der Waals surface area contributed by atoms with Gasteiger partial charge in [-0.2, -0.15) is 0 Å². The monoisotopic (exact) mass is 290 g/mol. The number of halogens is 1. The van der Waals surface area contributed by atoms with Crippen LogP contribution in [0.15, 0.2) is 18.2 Å². The van der Waals surface area contributed by atoms with Crippen LogP contribution in [0.3, 0.4) is 0 Å². The molecule has 0 bridgehead atoms. The number of anilines is 1. The molecule has 0 aromatic heterocycles. The van der Waals surface area contributed by atoms with Crippen molar-refractivity contribution in [3.05, 3.63) is 29.6 Å². The summed E-state index contributed by atoms with van der Waals surface area (Å²) in [6.07, 6.45) is 3.02. The summed E-state index contributed by atoms with van der Waals surface area (Å²) in [5, 5.41) is 3.38. The third kappa shape index (κ3) is 2.57. The van der Waals surface area contributed by atoms with Crippen molar-refractivity contribution in [3.63, 3.8) is 0 Å². The fraction of sp³-hybridized carbons (Fsp3) is 0.588. The lowest BCUT2D eigenvalue weighted by Crippen LogP contribution is -2.48. The van der Waals surface area contributed by atoms with Crippen molar-refractivity contribution in [2.75, 3.05) is 24.5 Å². The Morgan fingerprint density at radius 1 is 1.43 bits per heavy atom. The van der Waals surface area contributed by atoms with E-state index in [0.717, 1.165) is 43.6 Å². The van der Waals surface area contributed by atoms with Gasteiger partial charge in [0.2, 0.25) is 5.91 Å². The normalized spacial score (nSPS) is 22.2. The van der Waals surface area contributed by atoms with Gasteiger partial charge in [0, 0.05) is 17.6 Å². The van der Waals surface area contributed by atoms with Crippen molar-refractivity contribution < 1.29 is 9.18 Å². The molecule has 1 amide bonds. The minimum Gasteiger partial charge on any atom is -0.316 e. The molecular formula is C17H23FN2O. The van der Waals surface area contributed by atoms with Crippen LogP contribution < -0.4 is 10.2 Å². The van der Waals surface area contributed by atoms with Gasteiger partial charge in [-0.1, -0.05) is 19.9 Å². The van der Waals surface area contributed by atoms with Crippen molar-refractivity contribution >= 4 is 11.6 Å². The number of amides is 1. The van der Waals surface area contributed by atoms with Crippen molar-refractivity contribution in [2.24, 2.45) is 11.3 Å². The van der Waals surface area contributed by atoms with Crippen LogP contribution in [-0.2, 0) is 11.2 Å². The Morgan fingerprint density at radius 3 is 2.95 bits per heavy atom. The maximum Gasteiger partial charge on any atom is 0.232 e. The molecule has 1 unspecified atom stereocenters. The van der Waals surface area contributed by atoms with Crippen molar-refractivity contribution in [1.29, 1.82) is 0 Å². The van der Waals surface area contributed by atoms with Gasteiger partial charge < -0.3 is 10.2 Å². The minimum absolute atomic E-state index is 0.126. The minimum atomic E-state index is -0.415. The summed E-state index contributed by atoms with van der Waals surface area (Å²) >= 11 is 0. The predicted octanol–water partition coefficient (Wildman–Crippen LogP) is 2.74. The molecule has 3 nitrogen and oxygen atoms in total. The third-order valence-electron chi connectivity index (χ3n) is 5.06. The van der Waals surface area contributed by atoms with Gasteiger partial charge in [0.1, 0.15) is 5.82 Å². The lowest BCUT2D eigenvalue weighted by molar-refractivity contribution is -0.129. The van der Waals surface area contributed by atoms with E-state index in [1.807, 2.05) is 13.8 Å². The van der Waals surface area contributed by atoms with Gasteiger partial charge in [0.05, 0.1) is 0 Å². The van der Waals surface area contributed by atoms with Gasteiger partial charge in [-0.15, -0.1) is 0 Å². The Kier molecular flexibility index (Phi) is 3.74. The zero-order valence-corrected chi connectivity index (χ0v) is 12.8.